The van der Waals surface area contributed by atoms with Crippen molar-refractivity contribution in [3.8, 4) is 0 Å². The molecule has 0 aromatic carbocycles. The van der Waals surface area contributed by atoms with Crippen LogP contribution in [0.2, 0.25) is 5.15 Å². The van der Waals surface area contributed by atoms with E-state index >= 15 is 0 Å². The van der Waals surface area contributed by atoms with E-state index in [1.165, 1.54) is 5.56 Å². The van der Waals surface area contributed by atoms with Crippen molar-refractivity contribution in [3.05, 3.63) is 29.0 Å². The Labute approximate surface area is 101 Å². The fourth-order valence-corrected chi connectivity index (χ4v) is 2.40. The zero-order valence-corrected chi connectivity index (χ0v) is 10.2. The number of hydrogen-bond acceptors (Lipinski definition) is 3. The second-order valence-electron chi connectivity index (χ2n) is 4.51. The Balaban J connectivity index is 1.92. The van der Waals surface area contributed by atoms with E-state index in [0.717, 1.165) is 26.1 Å². The van der Waals surface area contributed by atoms with Gasteiger partial charge < -0.3 is 5.11 Å². The molecule has 1 N–H and O–H groups in total. The first-order valence-corrected chi connectivity index (χ1v) is 6.04. The summed E-state index contributed by atoms with van der Waals surface area (Å²) in [4.78, 5) is 6.31. The van der Waals surface area contributed by atoms with Gasteiger partial charge in [0, 0.05) is 19.3 Å². The van der Waals surface area contributed by atoms with E-state index in [9.17, 15) is 5.11 Å². The average Bonchev–Trinajstić information content (AvgIpc) is 2.66. The fourth-order valence-electron chi connectivity index (χ4n) is 2.20. The van der Waals surface area contributed by atoms with Crippen LogP contribution in [0.15, 0.2) is 18.3 Å². The Bertz CT molecular complexity index is 357. The van der Waals surface area contributed by atoms with Crippen molar-refractivity contribution >= 4 is 11.6 Å². The molecule has 2 rings (SSSR count). The van der Waals surface area contributed by atoms with Crippen LogP contribution in [-0.2, 0) is 6.54 Å². The van der Waals surface area contributed by atoms with Gasteiger partial charge in [0.25, 0.3) is 0 Å². The van der Waals surface area contributed by atoms with Gasteiger partial charge in [0.2, 0.25) is 0 Å². The van der Waals surface area contributed by atoms with Crippen molar-refractivity contribution in [2.24, 2.45) is 5.92 Å². The van der Waals surface area contributed by atoms with Gasteiger partial charge in [0.05, 0.1) is 6.10 Å². The number of likely N-dealkylation sites (tertiary alicyclic amines) is 1. The molecule has 0 saturated carbocycles. The molecule has 1 saturated heterocycles. The van der Waals surface area contributed by atoms with Crippen LogP contribution in [0, 0.1) is 5.92 Å². The van der Waals surface area contributed by atoms with Gasteiger partial charge in [-0.05, 0) is 43.5 Å². The highest BCUT2D eigenvalue weighted by molar-refractivity contribution is 6.29. The lowest BCUT2D eigenvalue weighted by Crippen LogP contribution is -2.23. The largest absolute Gasteiger partial charge is 0.393 e. The highest BCUT2D eigenvalue weighted by Crippen LogP contribution is 2.21. The molecule has 2 atom stereocenters. The third-order valence-electron chi connectivity index (χ3n) is 3.19. The summed E-state index contributed by atoms with van der Waals surface area (Å²) in [7, 11) is 0. The van der Waals surface area contributed by atoms with E-state index in [0.29, 0.717) is 11.1 Å². The van der Waals surface area contributed by atoms with Crippen molar-refractivity contribution in [3.63, 3.8) is 0 Å². The summed E-state index contributed by atoms with van der Waals surface area (Å²) in [6.45, 7) is 4.79. The minimum absolute atomic E-state index is 0.203. The molecule has 0 amide bonds. The van der Waals surface area contributed by atoms with Crippen LogP contribution in [0.3, 0.4) is 0 Å². The van der Waals surface area contributed by atoms with E-state index in [4.69, 9.17) is 11.6 Å². The molecule has 4 heteroatoms. The van der Waals surface area contributed by atoms with E-state index in [2.05, 4.69) is 9.88 Å². The van der Waals surface area contributed by atoms with Crippen molar-refractivity contribution < 1.29 is 5.11 Å². The molecular weight excluding hydrogens is 224 g/mol. The van der Waals surface area contributed by atoms with Crippen LogP contribution in [0.5, 0.6) is 0 Å². The molecule has 16 heavy (non-hydrogen) atoms. The number of hydrogen-bond donors (Lipinski definition) is 1. The van der Waals surface area contributed by atoms with Gasteiger partial charge in [-0.25, -0.2) is 4.98 Å². The SMILES string of the molecule is CC(O)C1CCN(Cc2ccnc(Cl)c2)C1. The van der Waals surface area contributed by atoms with Crippen LogP contribution in [-0.4, -0.2) is 34.2 Å². The number of rotatable bonds is 3. The normalized spacial score (nSPS) is 23.6. The third-order valence-corrected chi connectivity index (χ3v) is 3.39. The molecule has 0 spiro atoms. The van der Waals surface area contributed by atoms with Gasteiger partial charge in [-0.15, -0.1) is 0 Å². The maximum atomic E-state index is 9.52. The highest BCUT2D eigenvalue weighted by atomic mass is 35.5. The molecule has 2 heterocycles. The van der Waals surface area contributed by atoms with Gasteiger partial charge in [-0.1, -0.05) is 11.6 Å². The van der Waals surface area contributed by atoms with Gasteiger partial charge in [-0.2, -0.15) is 0 Å². The standard InChI is InChI=1S/C12H17ClN2O/c1-9(16)11-3-5-15(8-11)7-10-2-4-14-12(13)6-10/h2,4,6,9,11,16H,3,5,7-8H2,1H3. The lowest BCUT2D eigenvalue weighted by Gasteiger charge is -2.17. The molecule has 88 valence electrons. The number of halogens is 1. The Morgan fingerprint density at radius 2 is 2.50 bits per heavy atom. The van der Waals surface area contributed by atoms with Crippen LogP contribution in [0.1, 0.15) is 18.9 Å². The van der Waals surface area contributed by atoms with Gasteiger partial charge in [0.1, 0.15) is 5.15 Å². The molecule has 0 bridgehead atoms. The zero-order valence-electron chi connectivity index (χ0n) is 9.43. The van der Waals surface area contributed by atoms with E-state index in [1.807, 2.05) is 19.1 Å². The number of pyridine rings is 1. The molecular formula is C12H17ClN2O. The Kier molecular flexibility index (Phi) is 3.79. The van der Waals surface area contributed by atoms with Crippen molar-refractivity contribution in [2.45, 2.75) is 26.0 Å². The molecule has 1 aliphatic rings. The van der Waals surface area contributed by atoms with Crippen LogP contribution in [0.4, 0.5) is 0 Å². The third kappa shape index (κ3) is 2.94. The summed E-state index contributed by atoms with van der Waals surface area (Å²) >= 11 is 5.84. The predicted octanol–water partition coefficient (Wildman–Crippen LogP) is 1.94. The zero-order chi connectivity index (χ0) is 11.5. The summed E-state index contributed by atoms with van der Waals surface area (Å²) in [6, 6.07) is 3.89. The maximum Gasteiger partial charge on any atom is 0.129 e. The van der Waals surface area contributed by atoms with Gasteiger partial charge in [0.15, 0.2) is 0 Å². The monoisotopic (exact) mass is 240 g/mol. The Morgan fingerprint density at radius 1 is 1.69 bits per heavy atom. The fraction of sp³-hybridized carbons (Fsp3) is 0.583. The topological polar surface area (TPSA) is 36.4 Å². The molecule has 0 radical (unpaired) electrons. The van der Waals surface area contributed by atoms with Crippen molar-refractivity contribution in [1.29, 1.82) is 0 Å². The molecule has 3 nitrogen and oxygen atoms in total. The first-order valence-electron chi connectivity index (χ1n) is 5.66. The first kappa shape index (κ1) is 11.8. The minimum atomic E-state index is -0.203. The molecule has 1 aromatic heterocycles. The number of aliphatic hydroxyl groups excluding tert-OH is 1. The maximum absolute atomic E-state index is 9.52. The summed E-state index contributed by atoms with van der Waals surface area (Å²) in [5.74, 6) is 0.414. The predicted molar refractivity (Wildman–Crippen MR) is 64.3 cm³/mol. The lowest BCUT2D eigenvalue weighted by molar-refractivity contribution is 0.127. The average molecular weight is 241 g/mol. The number of nitrogens with zero attached hydrogens (tertiary/aromatic N) is 2. The molecule has 1 aromatic rings. The molecule has 2 unspecified atom stereocenters. The first-order chi connectivity index (χ1) is 7.65. The highest BCUT2D eigenvalue weighted by Gasteiger charge is 2.25. The van der Waals surface area contributed by atoms with Crippen LogP contribution in [0.25, 0.3) is 0 Å². The number of aliphatic hydroxyl groups is 1. The van der Waals surface area contributed by atoms with Gasteiger partial charge in [-0.3, -0.25) is 4.90 Å². The minimum Gasteiger partial charge on any atom is -0.393 e. The Hall–Kier alpha value is -0.640. The lowest BCUT2D eigenvalue weighted by atomic mass is 10.0. The quantitative estimate of drug-likeness (QED) is 0.821. The smallest absolute Gasteiger partial charge is 0.129 e. The van der Waals surface area contributed by atoms with Crippen LogP contribution >= 0.6 is 11.6 Å². The summed E-state index contributed by atoms with van der Waals surface area (Å²) in [6.07, 6.45) is 2.61. The summed E-state index contributed by atoms with van der Waals surface area (Å²) in [5.41, 5.74) is 1.19. The van der Waals surface area contributed by atoms with Crippen molar-refractivity contribution in [2.75, 3.05) is 13.1 Å². The summed E-state index contributed by atoms with van der Waals surface area (Å²) in [5, 5.41) is 10.1. The Morgan fingerprint density at radius 3 is 3.12 bits per heavy atom. The van der Waals surface area contributed by atoms with E-state index in [1.54, 1.807) is 6.20 Å². The second kappa shape index (κ2) is 5.13. The van der Waals surface area contributed by atoms with Crippen molar-refractivity contribution in [1.82, 2.24) is 9.88 Å². The second-order valence-corrected chi connectivity index (χ2v) is 4.90. The van der Waals surface area contributed by atoms with Gasteiger partial charge >= 0.3 is 0 Å². The molecule has 1 aliphatic heterocycles. The summed E-state index contributed by atoms with van der Waals surface area (Å²) < 4.78 is 0. The van der Waals surface area contributed by atoms with Crippen LogP contribution < -0.4 is 0 Å². The van der Waals surface area contributed by atoms with E-state index < -0.39 is 0 Å². The number of aromatic nitrogens is 1. The van der Waals surface area contributed by atoms with E-state index in [-0.39, 0.29) is 6.10 Å². The molecule has 1 fully saturated rings. The molecule has 0 aliphatic carbocycles.